The van der Waals surface area contributed by atoms with E-state index < -0.39 is 22.1 Å². The number of aromatic nitrogens is 2. The Labute approximate surface area is 110 Å². The van der Waals surface area contributed by atoms with Crippen LogP contribution >= 0.6 is 0 Å². The van der Waals surface area contributed by atoms with Gasteiger partial charge in [-0.3, -0.25) is 24.7 Å². The second-order valence-electron chi connectivity index (χ2n) is 3.71. The molecule has 0 saturated carbocycles. The Morgan fingerprint density at radius 3 is 2.60 bits per heavy atom. The van der Waals surface area contributed by atoms with Crippen molar-refractivity contribution in [2.45, 2.75) is 0 Å². The zero-order valence-corrected chi connectivity index (χ0v) is 9.88. The van der Waals surface area contributed by atoms with Gasteiger partial charge in [0, 0.05) is 12.3 Å². The topological polar surface area (TPSA) is 138 Å². The molecule has 0 aliphatic carbocycles. The van der Waals surface area contributed by atoms with Gasteiger partial charge in [-0.15, -0.1) is 0 Å². The molecule has 102 valence electrons. The van der Waals surface area contributed by atoms with E-state index in [0.29, 0.717) is 0 Å². The molecule has 20 heavy (non-hydrogen) atoms. The number of nitro benzene ring substituents is 1. The van der Waals surface area contributed by atoms with Crippen LogP contribution in [0.3, 0.4) is 0 Å². The van der Waals surface area contributed by atoms with Gasteiger partial charge < -0.3 is 10.3 Å². The van der Waals surface area contributed by atoms with E-state index in [1.807, 2.05) is 4.98 Å². The molecule has 0 radical (unpaired) electrons. The van der Waals surface area contributed by atoms with Crippen LogP contribution in [0, 0.1) is 10.1 Å². The summed E-state index contributed by atoms with van der Waals surface area (Å²) in [6.45, 7) is 0. The van der Waals surface area contributed by atoms with Gasteiger partial charge in [0.15, 0.2) is 0 Å². The summed E-state index contributed by atoms with van der Waals surface area (Å²) in [5.41, 5.74) is -2.32. The van der Waals surface area contributed by atoms with E-state index in [4.69, 9.17) is 0 Å². The van der Waals surface area contributed by atoms with Crippen molar-refractivity contribution in [3.05, 3.63) is 67.0 Å². The van der Waals surface area contributed by atoms with Crippen molar-refractivity contribution in [1.29, 1.82) is 0 Å². The molecule has 0 fully saturated rings. The lowest BCUT2D eigenvalue weighted by molar-refractivity contribution is -0.385. The minimum absolute atomic E-state index is 0.192. The van der Waals surface area contributed by atoms with Crippen LogP contribution in [-0.2, 0) is 0 Å². The van der Waals surface area contributed by atoms with Gasteiger partial charge in [0.2, 0.25) is 0 Å². The van der Waals surface area contributed by atoms with Crippen LogP contribution in [0.5, 0.6) is 0 Å². The molecule has 0 unspecified atom stereocenters. The second kappa shape index (κ2) is 5.18. The first-order valence-corrected chi connectivity index (χ1v) is 5.36. The quantitative estimate of drug-likeness (QED) is 0.543. The van der Waals surface area contributed by atoms with E-state index in [0.717, 1.165) is 6.20 Å². The highest BCUT2D eigenvalue weighted by Gasteiger charge is 2.19. The van der Waals surface area contributed by atoms with Crippen molar-refractivity contribution in [3.8, 4) is 0 Å². The Bertz CT molecular complexity index is 792. The summed E-state index contributed by atoms with van der Waals surface area (Å²) in [7, 11) is 0. The first kappa shape index (κ1) is 13.2. The molecule has 1 aromatic heterocycles. The van der Waals surface area contributed by atoms with Crippen molar-refractivity contribution >= 4 is 17.3 Å². The number of amides is 1. The Hall–Kier alpha value is -3.23. The maximum atomic E-state index is 11.9. The lowest BCUT2D eigenvalue weighted by atomic mass is 10.1. The van der Waals surface area contributed by atoms with Crippen molar-refractivity contribution in [1.82, 2.24) is 9.97 Å². The molecule has 0 spiro atoms. The lowest BCUT2D eigenvalue weighted by Crippen LogP contribution is -2.26. The van der Waals surface area contributed by atoms with E-state index in [1.54, 1.807) is 0 Å². The zero-order valence-electron chi connectivity index (χ0n) is 9.88. The summed E-state index contributed by atoms with van der Waals surface area (Å²) in [5, 5.41) is 13.0. The molecule has 9 heteroatoms. The van der Waals surface area contributed by atoms with Crippen molar-refractivity contribution in [2.75, 3.05) is 5.32 Å². The van der Waals surface area contributed by atoms with E-state index in [9.17, 15) is 24.5 Å². The molecule has 3 N–H and O–H groups in total. The van der Waals surface area contributed by atoms with Crippen LogP contribution < -0.4 is 16.6 Å². The fourth-order valence-electron chi connectivity index (χ4n) is 1.52. The van der Waals surface area contributed by atoms with E-state index in [1.165, 1.54) is 24.3 Å². The molecule has 2 rings (SSSR count). The SMILES string of the molecule is O=C(Nc1c[nH]c(=O)[nH]c1=O)c1ccccc1[N+](=O)[O-]. The van der Waals surface area contributed by atoms with Crippen molar-refractivity contribution < 1.29 is 9.72 Å². The number of aromatic amines is 2. The first-order chi connectivity index (χ1) is 9.49. The number of hydrogen-bond donors (Lipinski definition) is 3. The molecule has 1 aromatic carbocycles. The third-order valence-corrected chi connectivity index (χ3v) is 2.41. The Balaban J connectivity index is 2.36. The predicted octanol–water partition coefficient (Wildman–Crippen LogP) is 0.224. The van der Waals surface area contributed by atoms with Crippen LogP contribution in [0.2, 0.25) is 0 Å². The highest BCUT2D eigenvalue weighted by molar-refractivity contribution is 6.06. The fraction of sp³-hybridized carbons (Fsp3) is 0. The third-order valence-electron chi connectivity index (χ3n) is 2.41. The van der Waals surface area contributed by atoms with Crippen LogP contribution in [0.1, 0.15) is 10.4 Å². The van der Waals surface area contributed by atoms with E-state index >= 15 is 0 Å². The number of rotatable bonds is 3. The molecular formula is C11H8N4O5. The monoisotopic (exact) mass is 276 g/mol. The average Bonchev–Trinajstić information content (AvgIpc) is 2.41. The number of nitrogens with zero attached hydrogens (tertiary/aromatic N) is 1. The number of carbonyl (C=O) groups is 1. The highest BCUT2D eigenvalue weighted by atomic mass is 16.6. The number of carbonyl (C=O) groups excluding carboxylic acids is 1. The summed E-state index contributed by atoms with van der Waals surface area (Å²) < 4.78 is 0. The van der Waals surface area contributed by atoms with E-state index in [-0.39, 0.29) is 16.9 Å². The Morgan fingerprint density at radius 2 is 1.95 bits per heavy atom. The number of benzene rings is 1. The van der Waals surface area contributed by atoms with Gasteiger partial charge in [-0.2, -0.15) is 0 Å². The molecule has 1 amide bonds. The maximum absolute atomic E-state index is 11.9. The average molecular weight is 276 g/mol. The Morgan fingerprint density at radius 1 is 1.25 bits per heavy atom. The van der Waals surface area contributed by atoms with Crippen molar-refractivity contribution in [3.63, 3.8) is 0 Å². The molecule has 0 aliphatic rings. The van der Waals surface area contributed by atoms with Crippen LogP contribution in [-0.4, -0.2) is 20.8 Å². The Kier molecular flexibility index (Phi) is 3.42. The van der Waals surface area contributed by atoms with Crippen molar-refractivity contribution in [2.24, 2.45) is 0 Å². The maximum Gasteiger partial charge on any atom is 0.325 e. The molecular weight excluding hydrogens is 268 g/mol. The first-order valence-electron chi connectivity index (χ1n) is 5.36. The largest absolute Gasteiger partial charge is 0.325 e. The molecule has 0 saturated heterocycles. The van der Waals surface area contributed by atoms with Gasteiger partial charge in [0.05, 0.1) is 4.92 Å². The fourth-order valence-corrected chi connectivity index (χ4v) is 1.52. The molecule has 0 atom stereocenters. The zero-order chi connectivity index (χ0) is 14.7. The summed E-state index contributed by atoms with van der Waals surface area (Å²) in [6, 6.07) is 5.31. The molecule has 1 heterocycles. The lowest BCUT2D eigenvalue weighted by Gasteiger charge is -2.04. The summed E-state index contributed by atoms with van der Waals surface area (Å²) in [5.74, 6) is -0.824. The third kappa shape index (κ3) is 2.61. The van der Waals surface area contributed by atoms with Crippen LogP contribution in [0.15, 0.2) is 40.1 Å². The minimum atomic E-state index is -0.824. The molecule has 2 aromatic rings. The van der Waals surface area contributed by atoms with Gasteiger partial charge in [-0.25, -0.2) is 4.79 Å². The van der Waals surface area contributed by atoms with Gasteiger partial charge in [0.1, 0.15) is 11.3 Å². The standard InChI is InChI=1S/C11H8N4O5/c16-9(6-3-1-2-4-8(6)15(19)20)13-7-5-12-11(18)14-10(7)17/h1-5H,(H,13,16)(H2,12,14,17,18). The molecule has 9 nitrogen and oxygen atoms in total. The molecule has 0 aliphatic heterocycles. The number of para-hydroxylation sites is 1. The van der Waals surface area contributed by atoms with Gasteiger partial charge in [0.25, 0.3) is 17.2 Å². The summed E-state index contributed by atoms with van der Waals surface area (Å²) in [4.78, 5) is 48.3. The number of nitro groups is 1. The second-order valence-corrected chi connectivity index (χ2v) is 3.71. The number of H-pyrrole nitrogens is 2. The summed E-state index contributed by atoms with van der Waals surface area (Å²) in [6.07, 6.45) is 1.01. The smallest absolute Gasteiger partial charge is 0.316 e. The van der Waals surface area contributed by atoms with Gasteiger partial charge in [-0.05, 0) is 6.07 Å². The number of anilines is 1. The highest BCUT2D eigenvalue weighted by Crippen LogP contribution is 2.18. The summed E-state index contributed by atoms with van der Waals surface area (Å²) >= 11 is 0. The minimum Gasteiger partial charge on any atom is -0.316 e. The van der Waals surface area contributed by atoms with E-state index in [2.05, 4.69) is 10.3 Å². The normalized spacial score (nSPS) is 10.0. The predicted molar refractivity (Wildman–Crippen MR) is 68.7 cm³/mol. The number of hydrogen-bond acceptors (Lipinski definition) is 5. The van der Waals surface area contributed by atoms with Crippen LogP contribution in [0.25, 0.3) is 0 Å². The van der Waals surface area contributed by atoms with Gasteiger partial charge >= 0.3 is 5.69 Å². The molecule has 0 bridgehead atoms. The van der Waals surface area contributed by atoms with Crippen LogP contribution in [0.4, 0.5) is 11.4 Å². The number of nitrogens with one attached hydrogen (secondary N) is 3. The van der Waals surface area contributed by atoms with Gasteiger partial charge in [-0.1, -0.05) is 12.1 Å².